The Labute approximate surface area is 258 Å². The van der Waals surface area contributed by atoms with Crippen LogP contribution in [-0.2, 0) is 25.8 Å². The molecule has 0 saturated carbocycles. The van der Waals surface area contributed by atoms with Gasteiger partial charge in [0.25, 0.3) is 0 Å². The van der Waals surface area contributed by atoms with Crippen LogP contribution in [0.2, 0.25) is 0 Å². The molecule has 4 aromatic carbocycles. The molecule has 8 rings (SSSR count). The third-order valence-corrected chi connectivity index (χ3v) is 8.67. The fraction of sp³-hybridized carbons (Fsp3) is 0.0278. The van der Waals surface area contributed by atoms with Crippen LogP contribution >= 0.6 is 0 Å². The number of aromatic nitrogens is 5. The second-order valence-electron chi connectivity index (χ2n) is 10.4. The van der Waals surface area contributed by atoms with E-state index < -0.39 is 0 Å². The fourth-order valence-electron chi connectivity index (χ4n) is 5.79. The van der Waals surface area contributed by atoms with Crippen LogP contribution in [0.3, 0.4) is 0 Å². The van der Waals surface area contributed by atoms with Crippen LogP contribution in [0.25, 0.3) is 55.6 Å². The van der Waals surface area contributed by atoms with Gasteiger partial charge in [-0.3, -0.25) is 4.98 Å². The molecule has 0 atom stereocenters. The van der Waals surface area contributed by atoms with Gasteiger partial charge >= 0.3 is 194 Å². The molecule has 6 nitrogen and oxygen atoms in total. The molecule has 43 heavy (non-hydrogen) atoms. The predicted molar refractivity (Wildman–Crippen MR) is 167 cm³/mol. The summed E-state index contributed by atoms with van der Waals surface area (Å²) in [5.41, 5.74) is 7.28. The Kier molecular flexibility index (Phi) is 6.15. The molecule has 0 fully saturated rings. The number of imidazole rings is 1. The van der Waals surface area contributed by atoms with E-state index in [-0.39, 0.29) is 0 Å². The monoisotopic (exact) mass is 649 g/mol. The van der Waals surface area contributed by atoms with E-state index >= 15 is 0 Å². The number of fused-ring (bicyclic) bond motifs is 4. The molecule has 0 aliphatic carbocycles. The van der Waals surface area contributed by atoms with Gasteiger partial charge in [0.1, 0.15) is 0 Å². The molecule has 7 heteroatoms. The number of para-hydroxylation sites is 3. The summed E-state index contributed by atoms with van der Waals surface area (Å²) in [6, 6.07) is 41.3. The third-order valence-electron chi connectivity index (χ3n) is 7.81. The molecule has 0 N–H and O–H groups in total. The van der Waals surface area contributed by atoms with E-state index in [1.807, 2.05) is 48.7 Å². The molecule has 0 aliphatic heterocycles. The van der Waals surface area contributed by atoms with Crippen molar-refractivity contribution in [3.63, 3.8) is 0 Å². The molecular formula is C36H25N5OPd. The molecule has 4 heterocycles. The summed E-state index contributed by atoms with van der Waals surface area (Å²) in [5.74, 6) is 2.35. The summed E-state index contributed by atoms with van der Waals surface area (Å²) >= 11 is 3.46. The number of nitrogens with zero attached hydrogens (tertiary/aromatic N) is 5. The predicted octanol–water partition coefficient (Wildman–Crippen LogP) is 8.39. The van der Waals surface area contributed by atoms with Gasteiger partial charge in [-0.05, 0) is 18.2 Å². The van der Waals surface area contributed by atoms with E-state index in [0.29, 0.717) is 0 Å². The van der Waals surface area contributed by atoms with Crippen molar-refractivity contribution in [2.24, 2.45) is 7.05 Å². The van der Waals surface area contributed by atoms with Crippen LogP contribution in [0.5, 0.6) is 11.5 Å². The Hall–Kier alpha value is -5.09. The van der Waals surface area contributed by atoms with Gasteiger partial charge in [-0.1, -0.05) is 18.2 Å². The zero-order valence-corrected chi connectivity index (χ0v) is 24.7. The summed E-state index contributed by atoms with van der Waals surface area (Å²) in [4.78, 5) is 9.34. The van der Waals surface area contributed by atoms with Crippen LogP contribution in [-0.4, -0.2) is 23.7 Å². The molecule has 0 saturated heterocycles. The van der Waals surface area contributed by atoms with Crippen molar-refractivity contribution in [2.45, 2.75) is 0 Å². The standard InChI is InChI=1S/C36H25N5O.Pd/c1-39-24-40(34-15-5-4-14-33(34)39)26-9-8-10-27(21-26)42-28-17-18-30-29-11-2-3-13-32(29)41(35(30)22-28)36-19-16-25(23-38-36)31-12-6-7-20-37-31;/h2-23H,1H3;. The maximum absolute atomic E-state index is 6.50. The summed E-state index contributed by atoms with van der Waals surface area (Å²) in [6.45, 7) is 0. The van der Waals surface area contributed by atoms with Crippen molar-refractivity contribution in [1.82, 2.24) is 23.7 Å². The number of ether oxygens (including phenoxy) is 1. The van der Waals surface area contributed by atoms with E-state index in [1.165, 1.54) is 5.39 Å². The van der Waals surface area contributed by atoms with Crippen LogP contribution in [0, 0.1) is 3.89 Å². The number of aryl methyl sites for hydroxylation is 1. The Bertz CT molecular complexity index is 2350. The van der Waals surface area contributed by atoms with Gasteiger partial charge in [-0.15, -0.1) is 0 Å². The number of benzene rings is 4. The van der Waals surface area contributed by atoms with Crippen molar-refractivity contribution >= 4 is 32.8 Å². The Morgan fingerprint density at radius 1 is 0.605 bits per heavy atom. The Balaban J connectivity index is 1.21. The average molecular weight is 650 g/mol. The van der Waals surface area contributed by atoms with Gasteiger partial charge in [0.15, 0.2) is 0 Å². The molecule has 0 radical (unpaired) electrons. The van der Waals surface area contributed by atoms with Gasteiger partial charge in [0.2, 0.25) is 0 Å². The first-order valence-corrected chi connectivity index (χ1v) is 14.7. The second kappa shape index (κ2) is 10.3. The molecule has 210 valence electrons. The van der Waals surface area contributed by atoms with Gasteiger partial charge < -0.3 is 0 Å². The molecular weight excluding hydrogens is 625 g/mol. The van der Waals surface area contributed by atoms with E-state index in [4.69, 9.17) is 9.72 Å². The first-order valence-electron chi connectivity index (χ1n) is 14.0. The molecule has 0 spiro atoms. The SMILES string of the molecule is Cn1[c](=[Pd])n(-c2cccc(Oc3ccc4c5ccccc5n(-c5ccc(-c6ccccn6)cn5)c4c3)c2)c2ccccc21. The van der Waals surface area contributed by atoms with Gasteiger partial charge in [0, 0.05) is 18.0 Å². The van der Waals surface area contributed by atoms with E-state index in [1.54, 1.807) is 6.20 Å². The molecule has 0 unspecified atom stereocenters. The minimum absolute atomic E-state index is 0.753. The summed E-state index contributed by atoms with van der Waals surface area (Å²) in [7, 11) is 2.06. The maximum atomic E-state index is 6.50. The van der Waals surface area contributed by atoms with Crippen molar-refractivity contribution in [1.29, 1.82) is 0 Å². The third kappa shape index (κ3) is 4.33. The number of pyridine rings is 2. The Morgan fingerprint density at radius 3 is 2.19 bits per heavy atom. The van der Waals surface area contributed by atoms with Gasteiger partial charge in [-0.2, -0.15) is 0 Å². The van der Waals surface area contributed by atoms with Crippen LogP contribution in [0.1, 0.15) is 0 Å². The van der Waals surface area contributed by atoms with E-state index in [2.05, 4.69) is 123 Å². The average Bonchev–Trinajstić information content (AvgIpc) is 3.52. The zero-order valence-electron chi connectivity index (χ0n) is 23.2. The zero-order chi connectivity index (χ0) is 28.9. The van der Waals surface area contributed by atoms with E-state index in [9.17, 15) is 0 Å². The van der Waals surface area contributed by atoms with Crippen LogP contribution in [0.15, 0.2) is 134 Å². The van der Waals surface area contributed by atoms with Crippen molar-refractivity contribution in [3.05, 3.63) is 138 Å². The van der Waals surface area contributed by atoms with Crippen molar-refractivity contribution in [2.75, 3.05) is 0 Å². The van der Waals surface area contributed by atoms with Crippen LogP contribution in [0.4, 0.5) is 0 Å². The normalized spacial score (nSPS) is 11.5. The molecule has 4 aromatic heterocycles. The first-order chi connectivity index (χ1) is 21.2. The molecule has 8 aromatic rings. The topological polar surface area (TPSA) is 49.8 Å². The fourth-order valence-corrected chi connectivity index (χ4v) is 6.37. The summed E-state index contributed by atoms with van der Waals surface area (Å²) in [5, 5.41) is 2.31. The second-order valence-corrected chi connectivity index (χ2v) is 11.1. The molecule has 0 aliphatic rings. The van der Waals surface area contributed by atoms with Crippen LogP contribution < -0.4 is 4.74 Å². The summed E-state index contributed by atoms with van der Waals surface area (Å²) in [6.07, 6.45) is 3.68. The molecule has 0 bridgehead atoms. The number of hydrogen-bond acceptors (Lipinski definition) is 3. The molecule has 0 amide bonds. The number of rotatable bonds is 5. The van der Waals surface area contributed by atoms with E-state index in [0.717, 1.165) is 65.6 Å². The summed E-state index contributed by atoms with van der Waals surface area (Å²) < 4.78 is 14.0. The van der Waals surface area contributed by atoms with Crippen molar-refractivity contribution in [3.8, 4) is 34.3 Å². The minimum atomic E-state index is 0.753. The Morgan fingerprint density at radius 2 is 1.37 bits per heavy atom. The van der Waals surface area contributed by atoms with Gasteiger partial charge in [-0.25, -0.2) is 0 Å². The quantitative estimate of drug-likeness (QED) is 0.176. The van der Waals surface area contributed by atoms with Gasteiger partial charge in [0.05, 0.1) is 5.69 Å². The van der Waals surface area contributed by atoms with Crippen molar-refractivity contribution < 1.29 is 23.5 Å². The number of hydrogen-bond donors (Lipinski definition) is 0. The first kappa shape index (κ1) is 25.6.